The maximum Gasteiger partial charge on any atom is 0.326 e. The topological polar surface area (TPSA) is 498 Å². The molecule has 20 N–H and O–H groups in total. The summed E-state index contributed by atoms with van der Waals surface area (Å²) in [5.74, 6) is -15.2. The van der Waals surface area contributed by atoms with E-state index in [-0.39, 0.29) is 50.0 Å². The number of amides is 8. The molecule has 0 spiro atoms. The van der Waals surface area contributed by atoms with Crippen molar-refractivity contribution >= 4 is 77.1 Å². The molecule has 0 unspecified atom stereocenters. The first kappa shape index (κ1) is 66.8. The lowest BCUT2D eigenvalue weighted by Crippen LogP contribution is -2.59. The van der Waals surface area contributed by atoms with Crippen LogP contribution in [0.4, 0.5) is 0 Å². The van der Waals surface area contributed by atoms with Gasteiger partial charge in [0.1, 0.15) is 42.3 Å². The van der Waals surface area contributed by atoms with Crippen LogP contribution in [-0.2, 0) is 57.5 Å². The highest BCUT2D eigenvalue weighted by Gasteiger charge is 2.35. The second-order valence-corrected chi connectivity index (χ2v) is 18.6. The molecule has 420 valence electrons. The Labute approximate surface area is 429 Å². The highest BCUT2D eigenvalue weighted by molar-refractivity contribution is 5.98. The van der Waals surface area contributed by atoms with E-state index in [4.69, 9.17) is 28.0 Å². The number of carboxylic acids is 4. The fourth-order valence-electron chi connectivity index (χ4n) is 6.99. The molecule has 0 aliphatic carbocycles. The highest BCUT2D eigenvalue weighted by Crippen LogP contribution is 2.13. The summed E-state index contributed by atoms with van der Waals surface area (Å²) in [6.45, 7) is 9.77. The normalized spacial score (nSPS) is 14.7. The predicted octanol–water partition coefficient (Wildman–Crippen LogP) is -3.96. The van der Waals surface area contributed by atoms with Crippen LogP contribution in [0.5, 0.6) is 0 Å². The number of unbranched alkanes of at least 4 members (excludes halogenated alkanes) is 1. The number of aliphatic imine (C=N–C) groups is 1. The second-order valence-electron chi connectivity index (χ2n) is 18.6. The number of hydrogen-bond acceptors (Lipinski definition) is 15. The van der Waals surface area contributed by atoms with Crippen molar-refractivity contribution in [1.29, 1.82) is 0 Å². The molecule has 0 aromatic heterocycles. The number of hydrogen-bond donors (Lipinski definition) is 16. The van der Waals surface area contributed by atoms with E-state index in [9.17, 15) is 72.9 Å². The number of carbonyl (C=O) groups excluding carboxylic acids is 8. The van der Waals surface area contributed by atoms with Crippen LogP contribution >= 0.6 is 0 Å². The fourth-order valence-corrected chi connectivity index (χ4v) is 6.99. The number of rotatable bonds is 38. The number of carboxylic acid groups (broad SMARTS) is 4. The first-order chi connectivity index (χ1) is 34.5. The summed E-state index contributed by atoms with van der Waals surface area (Å²) in [6.07, 6.45) is -1.79. The van der Waals surface area contributed by atoms with Crippen molar-refractivity contribution in [3.05, 3.63) is 0 Å². The van der Waals surface area contributed by atoms with Crippen LogP contribution in [0.2, 0.25) is 0 Å². The van der Waals surface area contributed by atoms with Crippen molar-refractivity contribution in [3.63, 3.8) is 0 Å². The predicted molar refractivity (Wildman–Crippen MR) is 265 cm³/mol. The number of nitrogens with two attached hydrogens (primary N) is 4. The molecule has 29 heteroatoms. The van der Waals surface area contributed by atoms with Gasteiger partial charge in [-0.15, -0.1) is 0 Å². The summed E-state index contributed by atoms with van der Waals surface area (Å²) in [6, 6.07) is -11.9. The quantitative estimate of drug-likeness (QED) is 0.0159. The van der Waals surface area contributed by atoms with Crippen LogP contribution in [0.15, 0.2) is 4.99 Å². The zero-order valence-corrected chi connectivity index (χ0v) is 42.9. The Hall–Kier alpha value is -7.17. The Balaban J connectivity index is 6.46. The maximum absolute atomic E-state index is 14.0. The Bertz CT molecular complexity index is 1970. The molecular formula is C45H79N13O16. The van der Waals surface area contributed by atoms with E-state index in [2.05, 4.69) is 42.2 Å². The van der Waals surface area contributed by atoms with Gasteiger partial charge in [-0.3, -0.25) is 57.7 Å². The molecule has 0 radical (unpaired) electrons. The van der Waals surface area contributed by atoms with Crippen LogP contribution < -0.4 is 65.5 Å². The summed E-state index contributed by atoms with van der Waals surface area (Å²) in [4.78, 5) is 158. The Kier molecular flexibility index (Phi) is 31.7. The Morgan fingerprint density at radius 2 is 0.973 bits per heavy atom. The van der Waals surface area contributed by atoms with Crippen molar-refractivity contribution in [1.82, 2.24) is 42.5 Å². The van der Waals surface area contributed by atoms with E-state index >= 15 is 0 Å². The molecule has 74 heavy (non-hydrogen) atoms. The zero-order valence-electron chi connectivity index (χ0n) is 42.9. The number of aliphatic carboxylic acids is 4. The average molecular weight is 1060 g/mol. The molecule has 9 atom stereocenters. The molecule has 0 aliphatic rings. The summed E-state index contributed by atoms with van der Waals surface area (Å²) in [7, 11) is 0. The monoisotopic (exact) mass is 1060 g/mol. The molecule has 0 saturated carbocycles. The number of nitrogens with zero attached hydrogens (tertiary/aromatic N) is 1. The minimum absolute atomic E-state index is 0.0514. The van der Waals surface area contributed by atoms with E-state index in [1.54, 1.807) is 27.7 Å². The number of carbonyl (C=O) groups is 12. The fraction of sp³-hybridized carbons (Fsp3) is 0.711. The van der Waals surface area contributed by atoms with Crippen LogP contribution in [0.25, 0.3) is 0 Å². The van der Waals surface area contributed by atoms with Gasteiger partial charge in [0.25, 0.3) is 0 Å². The SMILES string of the molecule is CC[C@H](C)[C@H](NC(=O)[C@H](CCCN=C(N)N)NC(=O)[C@H](CCCCN)NC(=O)[C@@H](N)CC(C)C)C(=O)NCC(=O)N[C@@H](CC(=O)O)C(=O)N[C@@H](CCC(=O)O)C(=O)N[C@@H](CC(C)C)C(=O)N[C@@H](CC(=O)O)C(=O)O. The summed E-state index contributed by atoms with van der Waals surface area (Å²) in [5.41, 5.74) is 22.6. The molecule has 0 aromatic carbocycles. The van der Waals surface area contributed by atoms with Gasteiger partial charge in [-0.05, 0) is 75.7 Å². The van der Waals surface area contributed by atoms with Crippen molar-refractivity contribution < 1.29 is 78.0 Å². The Morgan fingerprint density at radius 1 is 0.514 bits per heavy atom. The van der Waals surface area contributed by atoms with Gasteiger partial charge in [0.15, 0.2) is 5.96 Å². The lowest BCUT2D eigenvalue weighted by molar-refractivity contribution is -0.147. The number of guanidine groups is 1. The van der Waals surface area contributed by atoms with Crippen molar-refractivity contribution in [3.8, 4) is 0 Å². The second kappa shape index (κ2) is 35.1. The van der Waals surface area contributed by atoms with Gasteiger partial charge in [0, 0.05) is 13.0 Å². The van der Waals surface area contributed by atoms with Crippen LogP contribution in [0.3, 0.4) is 0 Å². The third-order valence-corrected chi connectivity index (χ3v) is 11.1. The van der Waals surface area contributed by atoms with Gasteiger partial charge < -0.3 is 85.9 Å². The van der Waals surface area contributed by atoms with Gasteiger partial charge in [0.2, 0.25) is 47.3 Å². The van der Waals surface area contributed by atoms with Gasteiger partial charge in [-0.1, -0.05) is 48.0 Å². The molecule has 0 aliphatic heterocycles. The van der Waals surface area contributed by atoms with E-state index < -0.39 is 158 Å². The molecule has 0 saturated heterocycles. The molecule has 0 fully saturated rings. The van der Waals surface area contributed by atoms with Crippen molar-refractivity contribution in [2.75, 3.05) is 19.6 Å². The Morgan fingerprint density at radius 3 is 1.46 bits per heavy atom. The minimum Gasteiger partial charge on any atom is -0.481 e. The lowest BCUT2D eigenvalue weighted by Gasteiger charge is -2.28. The zero-order chi connectivity index (χ0) is 56.8. The third-order valence-electron chi connectivity index (χ3n) is 11.1. The highest BCUT2D eigenvalue weighted by atomic mass is 16.4. The maximum atomic E-state index is 14.0. The molecule has 29 nitrogen and oxygen atoms in total. The summed E-state index contributed by atoms with van der Waals surface area (Å²) < 4.78 is 0. The van der Waals surface area contributed by atoms with Gasteiger partial charge in [0.05, 0.1) is 25.4 Å². The largest absolute Gasteiger partial charge is 0.481 e. The first-order valence-corrected chi connectivity index (χ1v) is 24.3. The van der Waals surface area contributed by atoms with Gasteiger partial charge in [-0.25, -0.2) is 4.79 Å². The van der Waals surface area contributed by atoms with E-state index in [0.717, 1.165) is 0 Å². The van der Waals surface area contributed by atoms with Crippen LogP contribution in [0, 0.1) is 17.8 Å². The average Bonchev–Trinajstić information content (AvgIpc) is 3.29. The standard InChI is InChI=1S/C45H79N13O16/c1-7-24(6)36(58-40(69)27(12-10-16-50-45(48)49)54-38(67)26(11-8-9-15-46)53-37(66)25(47)17-22(2)3)43(72)51-21-32(59)52-30(19-34(62)63)42(71)55-28(13-14-33(60)61)39(68)56-29(18-23(4)5)41(70)57-31(44(73)74)20-35(64)65/h22-31,36H,7-21,46-47H2,1-6H3,(H,51,72)(H,52,59)(H,53,66)(H,54,67)(H,55,71)(H,56,68)(H,57,70)(H,58,69)(H,60,61)(H,62,63)(H,64,65)(H,73,74)(H4,48,49,50)/t24-,25-,26-,27-,28-,29-,30-,31-,36-/m0/s1. The molecule has 0 heterocycles. The minimum atomic E-state index is -1.96. The van der Waals surface area contributed by atoms with Crippen LogP contribution in [-0.4, -0.2) is 165 Å². The number of nitrogens with one attached hydrogen (secondary N) is 8. The lowest BCUT2D eigenvalue weighted by atomic mass is 9.97. The first-order valence-electron chi connectivity index (χ1n) is 24.3. The van der Waals surface area contributed by atoms with E-state index in [1.165, 1.54) is 0 Å². The molecule has 0 aromatic rings. The molecule has 0 bridgehead atoms. The smallest absolute Gasteiger partial charge is 0.326 e. The van der Waals surface area contributed by atoms with E-state index in [0.29, 0.717) is 32.2 Å². The molecule has 8 amide bonds. The van der Waals surface area contributed by atoms with Crippen LogP contribution in [0.1, 0.15) is 119 Å². The van der Waals surface area contributed by atoms with Gasteiger partial charge >= 0.3 is 23.9 Å². The summed E-state index contributed by atoms with van der Waals surface area (Å²) in [5, 5.41) is 56.3. The van der Waals surface area contributed by atoms with Crippen molar-refractivity contribution in [2.24, 2.45) is 45.7 Å². The van der Waals surface area contributed by atoms with Crippen molar-refractivity contribution in [2.45, 2.75) is 167 Å². The molecular weight excluding hydrogens is 979 g/mol. The van der Waals surface area contributed by atoms with Gasteiger partial charge in [-0.2, -0.15) is 0 Å². The molecule has 0 rings (SSSR count). The summed E-state index contributed by atoms with van der Waals surface area (Å²) >= 11 is 0. The van der Waals surface area contributed by atoms with E-state index in [1.807, 2.05) is 19.2 Å². The third kappa shape index (κ3) is 28.2.